The Labute approximate surface area is 159 Å². The average Bonchev–Trinajstić information content (AvgIpc) is 3.40. The summed E-state index contributed by atoms with van der Waals surface area (Å²) in [4.78, 5) is 21.4. The van der Waals surface area contributed by atoms with Crippen LogP contribution in [0, 0.1) is 5.92 Å². The lowest BCUT2D eigenvalue weighted by Crippen LogP contribution is -2.36. The summed E-state index contributed by atoms with van der Waals surface area (Å²) in [6, 6.07) is 0. The van der Waals surface area contributed by atoms with E-state index in [2.05, 4.69) is 9.97 Å². The van der Waals surface area contributed by atoms with Crippen LogP contribution in [0.1, 0.15) is 32.4 Å². The van der Waals surface area contributed by atoms with Gasteiger partial charge in [0.1, 0.15) is 12.2 Å². The second kappa shape index (κ2) is 6.98. The molecule has 10 nitrogen and oxygen atoms in total. The van der Waals surface area contributed by atoms with Crippen LogP contribution in [0.25, 0.3) is 11.2 Å². The summed E-state index contributed by atoms with van der Waals surface area (Å²) >= 11 is 0. The number of aliphatic hydroxyl groups excluding tert-OH is 2. The van der Waals surface area contributed by atoms with Gasteiger partial charge in [0.2, 0.25) is 11.8 Å². The van der Waals surface area contributed by atoms with Crippen LogP contribution in [0.15, 0.2) is 4.79 Å². The van der Waals surface area contributed by atoms with E-state index in [-0.39, 0.29) is 23.9 Å². The van der Waals surface area contributed by atoms with Gasteiger partial charge in [-0.2, -0.15) is 9.97 Å². The van der Waals surface area contributed by atoms with E-state index in [4.69, 9.17) is 15.2 Å². The number of hydrogen-bond acceptors (Lipinski definition) is 8. The van der Waals surface area contributed by atoms with Crippen molar-refractivity contribution in [1.29, 1.82) is 0 Å². The summed E-state index contributed by atoms with van der Waals surface area (Å²) in [7, 11) is 1.40. The molecule has 2 aromatic rings. The van der Waals surface area contributed by atoms with Crippen LogP contribution < -0.4 is 16.2 Å². The van der Waals surface area contributed by atoms with Gasteiger partial charge in [0.25, 0.3) is 0 Å². The SMILES string of the molecule is CCC(O)[C@H]1O[C@@H](n2c(=O)n(CC3CC3)c3c(OC)nc(N)nc32)[C@H](O)[C@H]1F. The number of nitrogens with two attached hydrogens (primary N) is 1. The summed E-state index contributed by atoms with van der Waals surface area (Å²) in [5.41, 5.74) is 5.64. The van der Waals surface area contributed by atoms with Crippen molar-refractivity contribution < 1.29 is 24.1 Å². The van der Waals surface area contributed by atoms with Crippen molar-refractivity contribution in [1.82, 2.24) is 19.1 Å². The number of anilines is 1. The second-order valence-electron chi connectivity index (χ2n) is 7.37. The standard InChI is InChI=1S/C17H24FN5O5/c1-3-8(24)12-9(18)11(25)15(28-12)23-13-10(14(27-2)21-16(19)20-13)22(17(23)26)6-7-4-5-7/h7-9,11-12,15,24-25H,3-6H2,1-2H3,(H2,19,20,21)/t8?,9-,11-,12-,15-/m1/s1. The number of nitrogen functional groups attached to an aromatic ring is 1. The van der Waals surface area contributed by atoms with Crippen LogP contribution >= 0.6 is 0 Å². The Kier molecular flexibility index (Phi) is 4.76. The van der Waals surface area contributed by atoms with Crippen molar-refractivity contribution >= 4 is 17.1 Å². The number of imidazole rings is 1. The second-order valence-corrected chi connectivity index (χ2v) is 7.37. The number of nitrogens with zero attached hydrogens (tertiary/aromatic N) is 4. The van der Waals surface area contributed by atoms with Gasteiger partial charge in [0, 0.05) is 6.54 Å². The molecule has 1 saturated heterocycles. The monoisotopic (exact) mass is 397 g/mol. The molecule has 1 unspecified atom stereocenters. The number of halogens is 1. The molecule has 154 valence electrons. The van der Waals surface area contributed by atoms with E-state index in [1.165, 1.54) is 11.7 Å². The highest BCUT2D eigenvalue weighted by molar-refractivity contribution is 5.78. The van der Waals surface area contributed by atoms with Gasteiger partial charge < -0.3 is 25.4 Å². The Morgan fingerprint density at radius 1 is 1.43 bits per heavy atom. The van der Waals surface area contributed by atoms with Crippen LogP contribution in [-0.2, 0) is 11.3 Å². The van der Waals surface area contributed by atoms with Crippen LogP contribution in [0.2, 0.25) is 0 Å². The normalized spacial score (nSPS) is 28.8. The maximum absolute atomic E-state index is 14.6. The zero-order chi connectivity index (χ0) is 20.2. The third-order valence-electron chi connectivity index (χ3n) is 5.40. The summed E-state index contributed by atoms with van der Waals surface area (Å²) in [5, 5.41) is 20.4. The molecule has 2 fully saturated rings. The first kappa shape index (κ1) is 19.1. The lowest BCUT2D eigenvalue weighted by atomic mass is 10.1. The molecule has 5 atom stereocenters. The minimum Gasteiger partial charge on any atom is -0.479 e. The fourth-order valence-corrected chi connectivity index (χ4v) is 3.68. The van der Waals surface area contributed by atoms with E-state index in [1.54, 1.807) is 6.92 Å². The van der Waals surface area contributed by atoms with Crippen LogP contribution in [0.4, 0.5) is 10.3 Å². The summed E-state index contributed by atoms with van der Waals surface area (Å²) in [6.07, 6.45) is -4.98. The molecule has 0 aromatic carbocycles. The number of hydrogen-bond donors (Lipinski definition) is 3. The first-order chi connectivity index (χ1) is 13.4. The van der Waals surface area contributed by atoms with Crippen molar-refractivity contribution in [3.8, 4) is 5.88 Å². The van der Waals surface area contributed by atoms with E-state index >= 15 is 0 Å². The lowest BCUT2D eigenvalue weighted by Gasteiger charge is -2.18. The molecule has 0 amide bonds. The van der Waals surface area contributed by atoms with Gasteiger partial charge in [0.05, 0.1) is 13.2 Å². The Balaban J connectivity index is 1.88. The highest BCUT2D eigenvalue weighted by Gasteiger charge is 2.49. The van der Waals surface area contributed by atoms with Crippen molar-refractivity contribution in [3.63, 3.8) is 0 Å². The van der Waals surface area contributed by atoms with E-state index < -0.39 is 36.4 Å². The van der Waals surface area contributed by atoms with E-state index in [1.807, 2.05) is 0 Å². The molecule has 4 rings (SSSR count). The summed E-state index contributed by atoms with van der Waals surface area (Å²) < 4.78 is 28.0. The quantitative estimate of drug-likeness (QED) is 0.617. The molecule has 0 radical (unpaired) electrons. The fraction of sp³-hybridized carbons (Fsp3) is 0.706. The smallest absolute Gasteiger partial charge is 0.332 e. The van der Waals surface area contributed by atoms with E-state index in [0.29, 0.717) is 18.0 Å². The molecule has 28 heavy (non-hydrogen) atoms. The molecule has 0 spiro atoms. The van der Waals surface area contributed by atoms with Gasteiger partial charge >= 0.3 is 5.69 Å². The molecular weight excluding hydrogens is 373 g/mol. The lowest BCUT2D eigenvalue weighted by molar-refractivity contribution is -0.0799. The number of rotatable bonds is 6. The molecular formula is C17H24FN5O5. The highest BCUT2D eigenvalue weighted by atomic mass is 19.1. The average molecular weight is 397 g/mol. The Morgan fingerprint density at radius 2 is 2.14 bits per heavy atom. The van der Waals surface area contributed by atoms with Gasteiger partial charge in [-0.3, -0.25) is 4.57 Å². The van der Waals surface area contributed by atoms with E-state index in [9.17, 15) is 19.4 Å². The van der Waals surface area contributed by atoms with E-state index in [0.717, 1.165) is 17.4 Å². The number of aliphatic hydroxyl groups is 2. The van der Waals surface area contributed by atoms with Crippen molar-refractivity contribution in [2.24, 2.45) is 5.92 Å². The van der Waals surface area contributed by atoms with Crippen LogP contribution in [-0.4, -0.2) is 60.9 Å². The Bertz CT molecular complexity index is 942. The number of fused-ring (bicyclic) bond motifs is 1. The summed E-state index contributed by atoms with van der Waals surface area (Å²) in [5.74, 6) is 0.335. The third-order valence-corrected chi connectivity index (χ3v) is 5.40. The molecule has 2 aliphatic rings. The fourth-order valence-electron chi connectivity index (χ4n) is 3.68. The molecule has 3 heterocycles. The Morgan fingerprint density at radius 3 is 2.75 bits per heavy atom. The van der Waals surface area contributed by atoms with Gasteiger partial charge in [-0.25, -0.2) is 13.8 Å². The van der Waals surface area contributed by atoms with Crippen molar-refractivity contribution in [2.45, 2.75) is 63.4 Å². The maximum Gasteiger partial charge on any atom is 0.332 e. The highest BCUT2D eigenvalue weighted by Crippen LogP contribution is 2.37. The molecule has 11 heteroatoms. The van der Waals surface area contributed by atoms with Gasteiger partial charge in [-0.15, -0.1) is 0 Å². The number of methoxy groups -OCH3 is 1. The minimum atomic E-state index is -1.85. The number of alkyl halides is 1. The number of aromatic nitrogens is 4. The predicted octanol–water partition coefficient (Wildman–Crippen LogP) is -0.0389. The molecule has 2 aromatic heterocycles. The molecule has 4 N–H and O–H groups in total. The molecule has 1 aliphatic heterocycles. The third kappa shape index (κ3) is 2.93. The van der Waals surface area contributed by atoms with Gasteiger partial charge in [-0.1, -0.05) is 6.92 Å². The van der Waals surface area contributed by atoms with Crippen molar-refractivity contribution in [3.05, 3.63) is 10.5 Å². The minimum absolute atomic E-state index is 0.0953. The van der Waals surface area contributed by atoms with Gasteiger partial charge in [-0.05, 0) is 25.2 Å². The molecule has 1 aliphatic carbocycles. The summed E-state index contributed by atoms with van der Waals surface area (Å²) in [6.45, 7) is 2.10. The first-order valence-corrected chi connectivity index (χ1v) is 9.35. The number of ether oxygens (including phenoxy) is 2. The Hall–Kier alpha value is -2.24. The molecule has 1 saturated carbocycles. The molecule has 0 bridgehead atoms. The van der Waals surface area contributed by atoms with Crippen molar-refractivity contribution in [2.75, 3.05) is 12.8 Å². The predicted molar refractivity (Wildman–Crippen MR) is 96.6 cm³/mol. The van der Waals surface area contributed by atoms with Gasteiger partial charge in [0.15, 0.2) is 23.6 Å². The zero-order valence-electron chi connectivity index (χ0n) is 15.7. The van der Waals surface area contributed by atoms with Crippen LogP contribution in [0.3, 0.4) is 0 Å². The maximum atomic E-state index is 14.6. The topological polar surface area (TPSA) is 138 Å². The zero-order valence-corrected chi connectivity index (χ0v) is 15.7. The van der Waals surface area contributed by atoms with Crippen LogP contribution in [0.5, 0.6) is 5.88 Å². The first-order valence-electron chi connectivity index (χ1n) is 9.35. The largest absolute Gasteiger partial charge is 0.479 e.